The summed E-state index contributed by atoms with van der Waals surface area (Å²) in [5, 5.41) is 2.37. The molecule has 0 aliphatic carbocycles. The van der Waals surface area contributed by atoms with Crippen LogP contribution >= 0.6 is 11.6 Å². The monoisotopic (exact) mass is 279 g/mol. The largest absolute Gasteiger partial charge is 0.456 e. The van der Waals surface area contributed by atoms with Crippen LogP contribution in [-0.4, -0.2) is 0 Å². The lowest BCUT2D eigenvalue weighted by Crippen LogP contribution is -1.78. The molecule has 0 unspecified atom stereocenters. The Hall–Kier alpha value is -2.25. The normalized spacial score (nSPS) is 11.9. The quantitative estimate of drug-likeness (QED) is 0.422. The lowest BCUT2D eigenvalue weighted by atomic mass is 10.00. The van der Waals surface area contributed by atoms with Crippen molar-refractivity contribution in [1.82, 2.24) is 0 Å². The van der Waals surface area contributed by atoms with Crippen molar-refractivity contribution < 1.29 is 5.79 Å². The maximum atomic E-state index is 8.07. The van der Waals surface area contributed by atoms with Gasteiger partial charge in [0, 0.05) is 21.8 Å². The van der Waals surface area contributed by atoms with Crippen LogP contribution in [0.4, 0.5) is 0 Å². The van der Waals surface area contributed by atoms with Crippen molar-refractivity contribution >= 4 is 33.5 Å². The topological polar surface area (TPSA) is 13.1 Å². The smallest absolute Gasteiger partial charge is 0.136 e. The second-order valence-electron chi connectivity index (χ2n) is 4.70. The van der Waals surface area contributed by atoms with Gasteiger partial charge in [-0.05, 0) is 29.3 Å². The Labute approximate surface area is 122 Å². The van der Waals surface area contributed by atoms with E-state index in [1.807, 2.05) is 36.4 Å². The molecule has 0 saturated carbocycles. The molecule has 0 spiro atoms. The third-order valence-corrected chi connectivity index (χ3v) is 3.69. The molecule has 3 aromatic carbocycles. The molecular weight excluding hydrogens is 268 g/mol. The van der Waals surface area contributed by atoms with E-state index in [1.54, 1.807) is 6.07 Å². The van der Waals surface area contributed by atoms with Crippen molar-refractivity contribution in [2.45, 2.75) is 0 Å². The summed E-state index contributed by atoms with van der Waals surface area (Å²) >= 11 is 6.02. The number of furan rings is 1. The van der Waals surface area contributed by atoms with E-state index in [2.05, 4.69) is 18.2 Å². The Morgan fingerprint density at radius 2 is 1.70 bits per heavy atom. The van der Waals surface area contributed by atoms with Gasteiger partial charge in [-0.2, -0.15) is 0 Å². The fourth-order valence-electron chi connectivity index (χ4n) is 2.59. The van der Waals surface area contributed by atoms with Crippen LogP contribution in [-0.2, 0) is 0 Å². The lowest BCUT2D eigenvalue weighted by molar-refractivity contribution is 0.669. The van der Waals surface area contributed by atoms with E-state index >= 15 is 0 Å². The minimum Gasteiger partial charge on any atom is -0.456 e. The Kier molecular flexibility index (Phi) is 2.31. The van der Waals surface area contributed by atoms with Crippen molar-refractivity contribution in [1.29, 1.82) is 0 Å². The number of benzene rings is 3. The second-order valence-corrected chi connectivity index (χ2v) is 5.10. The molecule has 1 nitrogen and oxygen atoms in total. The molecule has 0 aliphatic heterocycles. The van der Waals surface area contributed by atoms with Gasteiger partial charge in [0.15, 0.2) is 0 Å². The summed E-state index contributed by atoms with van der Waals surface area (Å²) in [6.45, 7) is 0. The van der Waals surface area contributed by atoms with Crippen molar-refractivity contribution in [3.8, 4) is 11.1 Å². The Balaban J connectivity index is 2.17. The molecule has 0 saturated heterocycles. The molecule has 0 radical (unpaired) electrons. The molecule has 0 amide bonds. The first kappa shape index (κ1) is 10.5. The zero-order chi connectivity index (χ0) is 14.4. The van der Waals surface area contributed by atoms with Gasteiger partial charge >= 0.3 is 0 Å². The van der Waals surface area contributed by atoms with Crippen LogP contribution in [0.5, 0.6) is 0 Å². The first-order chi connectivity index (χ1) is 10.3. The number of fused-ring (bicyclic) bond motifs is 3. The fourth-order valence-corrected chi connectivity index (χ4v) is 2.74. The van der Waals surface area contributed by atoms with Crippen LogP contribution in [0.3, 0.4) is 0 Å². The van der Waals surface area contributed by atoms with Crippen molar-refractivity contribution in [3.63, 3.8) is 0 Å². The van der Waals surface area contributed by atoms with Crippen molar-refractivity contribution in [2.24, 2.45) is 0 Å². The molecule has 0 aliphatic rings. The summed E-state index contributed by atoms with van der Waals surface area (Å²) in [7, 11) is 0. The maximum Gasteiger partial charge on any atom is 0.136 e. The number of rotatable bonds is 1. The molecule has 0 N–H and O–H groups in total. The number of hydrogen-bond donors (Lipinski definition) is 0. The van der Waals surface area contributed by atoms with Gasteiger partial charge in [0.2, 0.25) is 0 Å². The highest BCUT2D eigenvalue weighted by molar-refractivity contribution is 6.31. The third kappa shape index (κ3) is 1.71. The van der Waals surface area contributed by atoms with Crippen LogP contribution in [0.1, 0.15) is 1.37 Å². The average Bonchev–Trinajstić information content (AvgIpc) is 2.91. The van der Waals surface area contributed by atoms with Crippen LogP contribution in [0.15, 0.2) is 71.1 Å². The van der Waals surface area contributed by atoms with Gasteiger partial charge in [-0.3, -0.25) is 0 Å². The number of halogens is 1. The second kappa shape index (κ2) is 4.39. The summed E-state index contributed by atoms with van der Waals surface area (Å²) in [6.07, 6.45) is 0. The van der Waals surface area contributed by atoms with Gasteiger partial charge in [-0.15, -0.1) is 0 Å². The van der Waals surface area contributed by atoms with Gasteiger partial charge < -0.3 is 4.42 Å². The molecule has 4 rings (SSSR count). The van der Waals surface area contributed by atoms with Crippen molar-refractivity contribution in [3.05, 3.63) is 71.7 Å². The summed E-state index contributed by atoms with van der Waals surface area (Å²) in [4.78, 5) is 0. The highest BCUT2D eigenvalue weighted by atomic mass is 35.5. The van der Waals surface area contributed by atoms with Crippen LogP contribution in [0, 0.1) is 0 Å². The molecule has 96 valence electrons. The van der Waals surface area contributed by atoms with Crippen LogP contribution in [0.2, 0.25) is 5.02 Å². The zero-order valence-corrected chi connectivity index (χ0v) is 11.3. The summed E-state index contributed by atoms with van der Waals surface area (Å²) < 4.78 is 13.9. The lowest BCUT2D eigenvalue weighted by Gasteiger charge is -2.03. The van der Waals surface area contributed by atoms with Gasteiger partial charge in [-0.1, -0.05) is 54.1 Å². The predicted octanol–water partition coefficient (Wildman–Crippen LogP) is 5.91. The summed E-state index contributed by atoms with van der Waals surface area (Å²) in [5.74, 6) is 0. The molecule has 20 heavy (non-hydrogen) atoms. The van der Waals surface area contributed by atoms with E-state index < -0.39 is 0 Å². The van der Waals surface area contributed by atoms with E-state index in [0.717, 1.165) is 27.5 Å². The van der Waals surface area contributed by atoms with E-state index in [-0.39, 0.29) is 6.04 Å². The number of hydrogen-bond acceptors (Lipinski definition) is 1. The Bertz CT molecular complexity index is 957. The van der Waals surface area contributed by atoms with Crippen LogP contribution in [0.25, 0.3) is 33.1 Å². The Morgan fingerprint density at radius 1 is 0.850 bits per heavy atom. The summed E-state index contributed by atoms with van der Waals surface area (Å²) in [5.41, 5.74) is 3.56. The molecule has 2 heteroatoms. The van der Waals surface area contributed by atoms with E-state index in [1.165, 1.54) is 0 Å². The fraction of sp³-hybridized carbons (Fsp3) is 0. The first-order valence-electron chi connectivity index (χ1n) is 6.91. The average molecular weight is 280 g/mol. The van der Waals surface area contributed by atoms with Gasteiger partial charge in [0.1, 0.15) is 11.2 Å². The molecule has 0 fully saturated rings. The highest BCUT2D eigenvalue weighted by Crippen LogP contribution is 2.37. The molecule has 1 aromatic heterocycles. The first-order valence-corrected chi connectivity index (χ1v) is 6.79. The SMILES string of the molecule is [2H]c1c(Cl)ccc2c1oc1cccc(-c3ccccc3)c12. The van der Waals surface area contributed by atoms with Gasteiger partial charge in [0.25, 0.3) is 0 Å². The van der Waals surface area contributed by atoms with Gasteiger partial charge in [0.05, 0.1) is 1.37 Å². The molecule has 0 bridgehead atoms. The third-order valence-electron chi connectivity index (χ3n) is 3.47. The standard InChI is InChI=1S/C18H11ClO/c19-13-9-10-15-17(11-13)20-16-8-4-7-14(18(15)16)12-5-2-1-3-6-12/h1-11H/i11D. The highest BCUT2D eigenvalue weighted by Gasteiger charge is 2.12. The van der Waals surface area contributed by atoms with E-state index in [9.17, 15) is 0 Å². The molecule has 4 aromatic rings. The molecule has 1 heterocycles. The summed E-state index contributed by atoms with van der Waals surface area (Å²) in [6, 6.07) is 20.1. The predicted molar refractivity (Wildman–Crippen MR) is 84.2 cm³/mol. The van der Waals surface area contributed by atoms with Crippen LogP contribution < -0.4 is 0 Å². The minimum absolute atomic E-state index is 0.240. The van der Waals surface area contributed by atoms with E-state index in [4.69, 9.17) is 17.4 Å². The van der Waals surface area contributed by atoms with E-state index in [0.29, 0.717) is 10.6 Å². The van der Waals surface area contributed by atoms with Gasteiger partial charge in [-0.25, -0.2) is 0 Å². The van der Waals surface area contributed by atoms with Crippen molar-refractivity contribution in [2.75, 3.05) is 0 Å². The molecule has 0 atom stereocenters. The Morgan fingerprint density at radius 3 is 2.55 bits per heavy atom. The minimum atomic E-state index is 0.240. The maximum absolute atomic E-state index is 8.07. The zero-order valence-electron chi connectivity index (χ0n) is 11.6. The molecular formula is C18H11ClO.